The van der Waals surface area contributed by atoms with Gasteiger partial charge in [0.2, 0.25) is 0 Å². The molecule has 1 aliphatic heterocycles. The Balaban J connectivity index is 1.45. The number of carbonyl (C=O) groups excluding carboxylic acids is 2. The van der Waals surface area contributed by atoms with E-state index in [0.717, 1.165) is 11.8 Å². The van der Waals surface area contributed by atoms with Crippen LogP contribution in [0.5, 0.6) is 0 Å². The normalized spacial score (nSPS) is 16.4. The fraction of sp³-hybridized carbons (Fsp3) is 0.273. The lowest BCUT2D eigenvalue weighted by Crippen LogP contribution is -2.49. The molecule has 4 rings (SSSR count). The minimum absolute atomic E-state index is 0.0763. The molecule has 0 radical (unpaired) electrons. The lowest BCUT2D eigenvalue weighted by Gasteiger charge is -2.31. The zero-order chi connectivity index (χ0) is 21.1. The van der Waals surface area contributed by atoms with Crippen molar-refractivity contribution in [3.8, 4) is 11.1 Å². The van der Waals surface area contributed by atoms with Crippen molar-refractivity contribution >= 4 is 11.7 Å². The smallest absolute Gasteiger partial charge is 0.336 e. The highest BCUT2D eigenvalue weighted by molar-refractivity contribution is 5.98. The van der Waals surface area contributed by atoms with Gasteiger partial charge in [-0.1, -0.05) is 47.1 Å². The molecule has 8 heteroatoms. The van der Waals surface area contributed by atoms with Crippen LogP contribution in [0.15, 0.2) is 64.0 Å². The summed E-state index contributed by atoms with van der Waals surface area (Å²) in [5, 5.41) is 2.33. The van der Waals surface area contributed by atoms with Crippen molar-refractivity contribution in [2.45, 2.75) is 19.4 Å². The van der Waals surface area contributed by atoms with Crippen LogP contribution in [0.4, 0.5) is 4.39 Å². The Kier molecular flexibility index (Phi) is 5.56. The average Bonchev–Trinajstić information content (AvgIpc) is 3.18. The fourth-order valence-electron chi connectivity index (χ4n) is 3.78. The van der Waals surface area contributed by atoms with Crippen LogP contribution < -0.4 is 10.3 Å². The van der Waals surface area contributed by atoms with Gasteiger partial charge in [-0.05, 0) is 29.7 Å². The van der Waals surface area contributed by atoms with E-state index in [9.17, 15) is 18.8 Å². The van der Waals surface area contributed by atoms with Gasteiger partial charge in [0.1, 0.15) is 5.82 Å². The number of Topliss-reactive ketones (excluding diaryl/α,β-unsaturated/α-hetero) is 1. The second kappa shape index (κ2) is 8.44. The summed E-state index contributed by atoms with van der Waals surface area (Å²) in [7, 11) is 0. The van der Waals surface area contributed by atoms with Crippen molar-refractivity contribution in [2.24, 2.45) is 5.92 Å². The highest BCUT2D eigenvalue weighted by Gasteiger charge is 2.31. The van der Waals surface area contributed by atoms with E-state index in [1.54, 1.807) is 17.0 Å². The molecule has 1 aliphatic rings. The van der Waals surface area contributed by atoms with Gasteiger partial charge < -0.3 is 4.90 Å². The molecule has 1 saturated heterocycles. The van der Waals surface area contributed by atoms with Crippen LogP contribution >= 0.6 is 0 Å². The maximum Gasteiger partial charge on any atom is 0.426 e. The Morgan fingerprint density at radius 1 is 1.20 bits per heavy atom. The highest BCUT2D eigenvalue weighted by Crippen LogP contribution is 2.26. The van der Waals surface area contributed by atoms with Gasteiger partial charge in [-0.15, -0.1) is 0 Å². The SMILES string of the molecule is O=C(c1ccc(-c2ccccc2)c(F)c1)C1CCCN(C(=O)C[n+]2cc(=O)o[nH]2)C1. The molecule has 30 heavy (non-hydrogen) atoms. The number of amides is 1. The number of piperidine rings is 1. The van der Waals surface area contributed by atoms with Crippen molar-refractivity contribution in [3.63, 3.8) is 0 Å². The van der Waals surface area contributed by atoms with Crippen molar-refractivity contribution in [1.29, 1.82) is 0 Å². The predicted molar refractivity (Wildman–Crippen MR) is 105 cm³/mol. The van der Waals surface area contributed by atoms with E-state index >= 15 is 0 Å². The van der Waals surface area contributed by atoms with Crippen LogP contribution in [-0.2, 0) is 11.3 Å². The van der Waals surface area contributed by atoms with Crippen molar-refractivity contribution in [3.05, 3.63) is 76.5 Å². The van der Waals surface area contributed by atoms with Gasteiger partial charge in [0.05, 0.1) is 0 Å². The van der Waals surface area contributed by atoms with Crippen molar-refractivity contribution < 1.29 is 23.2 Å². The van der Waals surface area contributed by atoms with Gasteiger partial charge in [-0.3, -0.25) is 14.1 Å². The fourth-order valence-corrected chi connectivity index (χ4v) is 3.78. The maximum atomic E-state index is 14.7. The lowest BCUT2D eigenvalue weighted by molar-refractivity contribution is -0.751. The van der Waals surface area contributed by atoms with Crippen LogP contribution in [0.2, 0.25) is 0 Å². The number of nitrogens with zero attached hydrogens (tertiary/aromatic N) is 2. The van der Waals surface area contributed by atoms with Crippen LogP contribution in [-0.4, -0.2) is 35.0 Å². The molecule has 2 aromatic carbocycles. The van der Waals surface area contributed by atoms with Gasteiger partial charge in [-0.2, -0.15) is 0 Å². The first kappa shape index (κ1) is 19.8. The molecular formula is C22H21FN3O4+. The van der Waals surface area contributed by atoms with Crippen LogP contribution in [0, 0.1) is 11.7 Å². The summed E-state index contributed by atoms with van der Waals surface area (Å²) < 4.78 is 20.5. The molecule has 0 spiro atoms. The summed E-state index contributed by atoms with van der Waals surface area (Å²) in [4.78, 5) is 38.1. The molecule has 1 unspecified atom stereocenters. The Morgan fingerprint density at radius 3 is 2.70 bits per heavy atom. The third-order valence-electron chi connectivity index (χ3n) is 5.31. The van der Waals surface area contributed by atoms with E-state index in [-0.39, 0.29) is 24.8 Å². The summed E-state index contributed by atoms with van der Waals surface area (Å²) in [6.07, 6.45) is 2.47. The number of benzene rings is 2. The number of aromatic nitrogens is 2. The van der Waals surface area contributed by atoms with Crippen LogP contribution in [0.1, 0.15) is 23.2 Å². The van der Waals surface area contributed by atoms with E-state index in [2.05, 4.69) is 9.79 Å². The number of likely N-dealkylation sites (tertiary alicyclic amines) is 1. The van der Waals surface area contributed by atoms with E-state index in [0.29, 0.717) is 30.5 Å². The number of aromatic amines is 1. The first-order valence-electron chi connectivity index (χ1n) is 9.76. The number of ketones is 1. The first-order valence-corrected chi connectivity index (χ1v) is 9.76. The molecule has 7 nitrogen and oxygen atoms in total. The van der Waals surface area contributed by atoms with Gasteiger partial charge >= 0.3 is 5.63 Å². The summed E-state index contributed by atoms with van der Waals surface area (Å²) in [5.74, 6) is -1.23. The molecule has 1 N–H and O–H groups in total. The van der Waals surface area contributed by atoms with E-state index < -0.39 is 17.4 Å². The third-order valence-corrected chi connectivity index (χ3v) is 5.31. The minimum Gasteiger partial charge on any atom is -0.336 e. The zero-order valence-corrected chi connectivity index (χ0v) is 16.2. The number of hydrogen-bond donors (Lipinski definition) is 1. The molecular weight excluding hydrogens is 389 g/mol. The van der Waals surface area contributed by atoms with Gasteiger partial charge in [-0.25, -0.2) is 9.18 Å². The number of nitrogens with one attached hydrogen (secondary N) is 1. The van der Waals surface area contributed by atoms with E-state index in [1.807, 2.05) is 30.3 Å². The van der Waals surface area contributed by atoms with Crippen LogP contribution in [0.25, 0.3) is 11.1 Å². The molecule has 1 fully saturated rings. The third kappa shape index (κ3) is 4.22. The molecule has 1 aromatic heterocycles. The minimum atomic E-state index is -0.574. The Hall–Kier alpha value is -3.55. The Labute approximate surface area is 171 Å². The summed E-state index contributed by atoms with van der Waals surface area (Å²) in [6, 6.07) is 13.7. The second-order valence-corrected chi connectivity index (χ2v) is 7.37. The molecule has 1 amide bonds. The molecule has 3 aromatic rings. The number of halogens is 1. The van der Waals surface area contributed by atoms with Crippen molar-refractivity contribution in [2.75, 3.05) is 13.1 Å². The maximum absolute atomic E-state index is 14.7. The molecule has 1 atom stereocenters. The standard InChI is InChI=1S/C22H20FN3O4/c23-19-11-16(8-9-18(19)15-5-2-1-3-6-15)22(29)17-7-4-10-25(12-17)20(27)13-26-14-21(28)30-24-26/h1-3,5-6,8-9,11,14,17H,4,7,10,12-13H2/p+1. The van der Waals surface area contributed by atoms with Gasteiger partial charge in [0.15, 0.2) is 5.78 Å². The zero-order valence-electron chi connectivity index (χ0n) is 16.2. The largest absolute Gasteiger partial charge is 0.426 e. The molecule has 2 heterocycles. The average molecular weight is 410 g/mol. The predicted octanol–water partition coefficient (Wildman–Crippen LogP) is 2.18. The molecule has 154 valence electrons. The summed E-state index contributed by atoms with van der Waals surface area (Å²) in [6.45, 7) is 0.724. The summed E-state index contributed by atoms with van der Waals surface area (Å²) >= 11 is 0. The first-order chi connectivity index (χ1) is 14.5. The quantitative estimate of drug-likeness (QED) is 0.516. The number of carbonyl (C=O) groups is 2. The topological polar surface area (TPSA) is 87.3 Å². The number of H-pyrrole nitrogens is 1. The number of rotatable bonds is 5. The van der Waals surface area contributed by atoms with Gasteiger partial charge in [0.25, 0.3) is 18.6 Å². The van der Waals surface area contributed by atoms with E-state index in [1.165, 1.54) is 10.7 Å². The van der Waals surface area contributed by atoms with Gasteiger partial charge in [0, 0.05) is 30.1 Å². The lowest BCUT2D eigenvalue weighted by atomic mass is 9.89. The van der Waals surface area contributed by atoms with E-state index in [4.69, 9.17) is 0 Å². The molecule has 0 bridgehead atoms. The monoisotopic (exact) mass is 410 g/mol. The summed E-state index contributed by atoms with van der Waals surface area (Å²) in [5.41, 5.74) is 0.924. The molecule has 0 saturated carbocycles. The highest BCUT2D eigenvalue weighted by atomic mass is 19.1. The Morgan fingerprint density at radius 2 is 2.00 bits per heavy atom. The second-order valence-electron chi connectivity index (χ2n) is 7.37. The Bertz CT molecular complexity index is 1120. The van der Waals surface area contributed by atoms with Crippen molar-refractivity contribution in [1.82, 2.24) is 10.2 Å². The molecule has 0 aliphatic carbocycles. The van der Waals surface area contributed by atoms with Crippen LogP contribution in [0.3, 0.4) is 0 Å². The number of hydrogen-bond acceptors (Lipinski definition) is 4.